The highest BCUT2D eigenvalue weighted by Crippen LogP contribution is 1.79. The average molecular weight is 99.1 g/mol. The number of thiocarbonyl (C=S) groups is 1. The molecule has 0 saturated heterocycles. The fourth-order valence-electron chi connectivity index (χ4n) is 0.257. The van der Waals surface area contributed by atoms with Gasteiger partial charge in [-0.15, -0.1) is 0 Å². The smallest absolute Gasteiger partial charge is 0.170 e. The van der Waals surface area contributed by atoms with Crippen LogP contribution < -0.4 is 5.32 Å². The van der Waals surface area contributed by atoms with Gasteiger partial charge in [0.05, 0.1) is 6.54 Å². The predicted molar refractivity (Wildman–Crippen MR) is 28.0 cm³/mol. The quantitative estimate of drug-likeness (QED) is 0.426. The molecule has 0 aromatic heterocycles. The molecule has 0 aliphatic carbocycles. The second kappa shape index (κ2) is 1.34. The van der Waals surface area contributed by atoms with Gasteiger partial charge in [0.15, 0.2) is 6.34 Å². The summed E-state index contributed by atoms with van der Waals surface area (Å²) in [6, 6.07) is 0. The number of rotatable bonds is 0. The molecule has 0 bridgehead atoms. The van der Waals surface area contributed by atoms with Crippen molar-refractivity contribution in [3.05, 3.63) is 0 Å². The van der Waals surface area contributed by atoms with Crippen LogP contribution in [0.3, 0.4) is 0 Å². The van der Waals surface area contributed by atoms with Crippen molar-refractivity contribution in [2.24, 2.45) is 4.99 Å². The van der Waals surface area contributed by atoms with Crippen LogP contribution in [0.4, 0.5) is 0 Å². The van der Waals surface area contributed by atoms with Crippen molar-refractivity contribution in [2.45, 2.75) is 0 Å². The minimum atomic E-state index is 0.690. The summed E-state index contributed by atoms with van der Waals surface area (Å²) in [6.07, 6.45) is 2.51. The Morgan fingerprint density at radius 3 is 3.00 bits per heavy atom. The van der Waals surface area contributed by atoms with Gasteiger partial charge in [-0.2, -0.15) is 0 Å². The first-order valence-electron chi connectivity index (χ1n) is 1.61. The van der Waals surface area contributed by atoms with E-state index in [-0.39, 0.29) is 0 Å². The summed E-state index contributed by atoms with van der Waals surface area (Å²) >= 11 is 4.63. The molecule has 0 saturated carbocycles. The van der Waals surface area contributed by atoms with Crippen LogP contribution in [-0.2, 0) is 0 Å². The monoisotopic (exact) mass is 99.0 g/mol. The Morgan fingerprint density at radius 2 is 2.83 bits per heavy atom. The SMILES string of the molecule is S=C1CN[C]=N1. The molecule has 0 atom stereocenters. The summed E-state index contributed by atoms with van der Waals surface area (Å²) < 4.78 is 0. The first-order chi connectivity index (χ1) is 2.89. The third kappa shape index (κ3) is 0.542. The van der Waals surface area contributed by atoms with Crippen molar-refractivity contribution in [2.75, 3.05) is 6.54 Å². The lowest BCUT2D eigenvalue weighted by Crippen LogP contribution is -2.07. The van der Waals surface area contributed by atoms with Crippen LogP contribution in [0.5, 0.6) is 0 Å². The molecule has 1 aliphatic heterocycles. The molecule has 1 aliphatic rings. The molecule has 31 valence electrons. The van der Waals surface area contributed by atoms with E-state index >= 15 is 0 Å². The third-order valence-electron chi connectivity index (χ3n) is 0.499. The van der Waals surface area contributed by atoms with Crippen molar-refractivity contribution in [1.29, 1.82) is 0 Å². The van der Waals surface area contributed by atoms with Gasteiger partial charge in [-0.05, 0) is 0 Å². The normalized spacial score (nSPS) is 18.3. The van der Waals surface area contributed by atoms with E-state index in [9.17, 15) is 0 Å². The van der Waals surface area contributed by atoms with Crippen LogP contribution in [0.25, 0.3) is 0 Å². The Bertz CT molecular complexity index is 97.0. The van der Waals surface area contributed by atoms with Gasteiger partial charge in [0.1, 0.15) is 4.99 Å². The van der Waals surface area contributed by atoms with E-state index in [2.05, 4.69) is 28.9 Å². The van der Waals surface area contributed by atoms with Crippen LogP contribution in [0.2, 0.25) is 0 Å². The molecule has 1 rings (SSSR count). The maximum absolute atomic E-state index is 4.63. The minimum absolute atomic E-state index is 0.690. The zero-order chi connectivity index (χ0) is 4.41. The second-order valence-electron chi connectivity index (χ2n) is 0.971. The number of nitrogens with one attached hydrogen (secondary N) is 1. The molecule has 0 spiro atoms. The lowest BCUT2D eigenvalue weighted by molar-refractivity contribution is 1.16. The van der Waals surface area contributed by atoms with Crippen LogP contribution in [0.15, 0.2) is 4.99 Å². The summed E-state index contributed by atoms with van der Waals surface area (Å²) in [5.74, 6) is 0. The van der Waals surface area contributed by atoms with Gasteiger partial charge in [0.2, 0.25) is 0 Å². The molecule has 1 N–H and O–H groups in total. The maximum atomic E-state index is 4.63. The zero-order valence-corrected chi connectivity index (χ0v) is 3.88. The van der Waals surface area contributed by atoms with Crippen molar-refractivity contribution < 1.29 is 0 Å². The molecule has 2 nitrogen and oxygen atoms in total. The Labute approximate surface area is 41.3 Å². The van der Waals surface area contributed by atoms with Gasteiger partial charge in [0.25, 0.3) is 0 Å². The topological polar surface area (TPSA) is 24.4 Å². The molecule has 0 amide bonds. The van der Waals surface area contributed by atoms with Gasteiger partial charge in [-0.25, -0.2) is 4.99 Å². The van der Waals surface area contributed by atoms with Crippen LogP contribution in [0.1, 0.15) is 0 Å². The van der Waals surface area contributed by atoms with E-state index in [1.807, 2.05) is 0 Å². The van der Waals surface area contributed by atoms with E-state index in [0.717, 1.165) is 0 Å². The Hall–Kier alpha value is -0.440. The first kappa shape index (κ1) is 3.74. The zero-order valence-electron chi connectivity index (χ0n) is 3.06. The minimum Gasteiger partial charge on any atom is -0.360 e. The summed E-state index contributed by atoms with van der Waals surface area (Å²) in [7, 11) is 0. The highest BCUT2D eigenvalue weighted by Gasteiger charge is 1.94. The molecule has 1 radical (unpaired) electrons. The lowest BCUT2D eigenvalue weighted by Gasteiger charge is -1.77. The van der Waals surface area contributed by atoms with Gasteiger partial charge >= 0.3 is 0 Å². The van der Waals surface area contributed by atoms with Crippen molar-refractivity contribution in [3.8, 4) is 0 Å². The number of hydrogen-bond acceptors (Lipinski definition) is 2. The fourth-order valence-corrected chi connectivity index (χ4v) is 0.374. The predicted octanol–water partition coefficient (Wildman–Crippen LogP) is -0.178. The van der Waals surface area contributed by atoms with Crippen LogP contribution in [-0.4, -0.2) is 17.9 Å². The maximum Gasteiger partial charge on any atom is 0.170 e. The third-order valence-corrected chi connectivity index (χ3v) is 0.735. The molecule has 0 unspecified atom stereocenters. The number of hydrogen-bond donors (Lipinski definition) is 1. The Morgan fingerprint density at radius 1 is 2.00 bits per heavy atom. The summed E-state index contributed by atoms with van der Waals surface area (Å²) in [4.78, 5) is 4.30. The summed E-state index contributed by atoms with van der Waals surface area (Å²) in [5.41, 5.74) is 0. The van der Waals surface area contributed by atoms with Gasteiger partial charge in [0, 0.05) is 0 Å². The van der Waals surface area contributed by atoms with Crippen LogP contribution >= 0.6 is 12.2 Å². The molecular weight excluding hydrogens is 96.1 g/mol. The van der Waals surface area contributed by atoms with Crippen molar-refractivity contribution >= 4 is 23.5 Å². The van der Waals surface area contributed by atoms with E-state index in [4.69, 9.17) is 0 Å². The van der Waals surface area contributed by atoms with E-state index in [0.29, 0.717) is 11.5 Å². The average Bonchev–Trinajstić information content (AvgIpc) is 1.86. The Balaban J connectivity index is 2.59. The molecule has 0 fully saturated rings. The van der Waals surface area contributed by atoms with Crippen molar-refractivity contribution in [1.82, 2.24) is 5.32 Å². The standard InChI is InChI=1S/C3H3N2S/c6-3-1-4-2-5-3/h1H2,(H,4,5,6). The fraction of sp³-hybridized carbons (Fsp3) is 0.333. The molecule has 3 heteroatoms. The lowest BCUT2D eigenvalue weighted by atomic mass is 10.7. The van der Waals surface area contributed by atoms with E-state index in [1.165, 1.54) is 0 Å². The second-order valence-corrected chi connectivity index (χ2v) is 1.44. The largest absolute Gasteiger partial charge is 0.360 e. The van der Waals surface area contributed by atoms with E-state index < -0.39 is 0 Å². The van der Waals surface area contributed by atoms with E-state index in [1.54, 1.807) is 0 Å². The first-order valence-corrected chi connectivity index (χ1v) is 2.02. The summed E-state index contributed by atoms with van der Waals surface area (Å²) in [5, 5.41) is 2.71. The summed E-state index contributed by atoms with van der Waals surface area (Å²) in [6.45, 7) is 0.690. The van der Waals surface area contributed by atoms with Crippen LogP contribution in [0, 0.1) is 0 Å². The molecular formula is C3H3N2S. The molecule has 0 aromatic carbocycles. The number of nitrogens with zero attached hydrogens (tertiary/aromatic N) is 1. The highest BCUT2D eigenvalue weighted by molar-refractivity contribution is 7.80. The van der Waals surface area contributed by atoms with Gasteiger partial charge < -0.3 is 5.32 Å². The molecule has 6 heavy (non-hydrogen) atoms. The van der Waals surface area contributed by atoms with Gasteiger partial charge in [-0.3, -0.25) is 0 Å². The van der Waals surface area contributed by atoms with Gasteiger partial charge in [-0.1, -0.05) is 12.2 Å². The molecule has 1 heterocycles. The Kier molecular flexibility index (Phi) is 0.837. The molecule has 0 aromatic rings. The number of aliphatic imine (C=N–C) groups is 1. The highest BCUT2D eigenvalue weighted by atomic mass is 32.1. The van der Waals surface area contributed by atoms with Crippen molar-refractivity contribution in [3.63, 3.8) is 0 Å².